The maximum absolute atomic E-state index is 12.5. The van der Waals surface area contributed by atoms with Crippen molar-refractivity contribution >= 4 is 39.7 Å². The number of H-pyrrole nitrogens is 1. The molecule has 0 aliphatic heterocycles. The molecule has 148 valence electrons. The second kappa shape index (κ2) is 8.54. The van der Waals surface area contributed by atoms with E-state index in [1.54, 1.807) is 15.9 Å². The van der Waals surface area contributed by atoms with Crippen LogP contribution in [0.2, 0.25) is 0 Å². The van der Waals surface area contributed by atoms with Crippen molar-refractivity contribution in [2.24, 2.45) is 0 Å². The number of thiazole rings is 1. The van der Waals surface area contributed by atoms with Crippen LogP contribution in [0.25, 0.3) is 21.6 Å². The van der Waals surface area contributed by atoms with Crippen LogP contribution in [0.5, 0.6) is 5.75 Å². The highest BCUT2D eigenvalue weighted by Gasteiger charge is 2.13. The molecule has 0 fully saturated rings. The monoisotopic (exact) mass is 425 g/mol. The third-order valence-corrected chi connectivity index (χ3v) is 5.61. The molecule has 0 aliphatic rings. The van der Waals surface area contributed by atoms with Crippen molar-refractivity contribution in [2.75, 3.05) is 6.61 Å². The lowest BCUT2D eigenvalue weighted by molar-refractivity contribution is -0.121. The summed E-state index contributed by atoms with van der Waals surface area (Å²) in [5.41, 5.74) is 1.79. The summed E-state index contributed by atoms with van der Waals surface area (Å²) < 4.78 is 8.64. The molecule has 1 amide bonds. The Labute approximate surface area is 176 Å². The van der Waals surface area contributed by atoms with Gasteiger partial charge >= 0.3 is 0 Å². The largest absolute Gasteiger partial charge is 0.494 e. The third kappa shape index (κ3) is 4.36. The van der Waals surface area contributed by atoms with Gasteiger partial charge < -0.3 is 10.1 Å². The van der Waals surface area contributed by atoms with E-state index < -0.39 is 0 Å². The molecule has 0 spiro atoms. The Hall–Kier alpha value is -3.04. The average molecular weight is 426 g/mol. The SMILES string of the molecule is CCOc1ccc(-c2n[nH]c(=S)n2CC(=O)NCc2nc3ccccc3s2)cc1. The molecule has 7 nitrogen and oxygen atoms in total. The van der Waals surface area contributed by atoms with Gasteiger partial charge in [-0.3, -0.25) is 14.5 Å². The van der Waals surface area contributed by atoms with Gasteiger partial charge in [0.2, 0.25) is 5.91 Å². The highest BCUT2D eigenvalue weighted by atomic mass is 32.1. The van der Waals surface area contributed by atoms with E-state index in [0.29, 0.717) is 23.7 Å². The van der Waals surface area contributed by atoms with E-state index in [0.717, 1.165) is 26.5 Å². The first kappa shape index (κ1) is 19.3. The van der Waals surface area contributed by atoms with Crippen molar-refractivity contribution in [2.45, 2.75) is 20.0 Å². The summed E-state index contributed by atoms with van der Waals surface area (Å²) in [5.74, 6) is 1.23. The fourth-order valence-electron chi connectivity index (χ4n) is 2.92. The Bertz CT molecular complexity index is 1160. The first-order chi connectivity index (χ1) is 14.1. The molecule has 2 N–H and O–H groups in total. The molecule has 0 radical (unpaired) electrons. The maximum Gasteiger partial charge on any atom is 0.240 e. The Morgan fingerprint density at radius 1 is 1.24 bits per heavy atom. The van der Waals surface area contributed by atoms with Gasteiger partial charge in [-0.25, -0.2) is 4.98 Å². The van der Waals surface area contributed by atoms with Crippen LogP contribution in [0.1, 0.15) is 11.9 Å². The number of para-hydroxylation sites is 1. The van der Waals surface area contributed by atoms with E-state index >= 15 is 0 Å². The fraction of sp³-hybridized carbons (Fsp3) is 0.200. The van der Waals surface area contributed by atoms with Gasteiger partial charge in [0.1, 0.15) is 17.3 Å². The molecular weight excluding hydrogens is 406 g/mol. The number of ether oxygens (including phenoxy) is 1. The van der Waals surface area contributed by atoms with Crippen molar-refractivity contribution < 1.29 is 9.53 Å². The first-order valence-electron chi connectivity index (χ1n) is 9.13. The number of hydrogen-bond acceptors (Lipinski definition) is 6. The number of hydrogen-bond donors (Lipinski definition) is 2. The van der Waals surface area contributed by atoms with Crippen molar-refractivity contribution in [3.63, 3.8) is 0 Å². The molecule has 0 bridgehead atoms. The zero-order chi connectivity index (χ0) is 20.2. The molecule has 2 aromatic heterocycles. The molecule has 4 rings (SSSR count). The number of rotatable bonds is 7. The van der Waals surface area contributed by atoms with Crippen LogP contribution in [-0.4, -0.2) is 32.3 Å². The van der Waals surface area contributed by atoms with Gasteiger partial charge in [0, 0.05) is 5.56 Å². The van der Waals surface area contributed by atoms with E-state index in [1.165, 1.54) is 0 Å². The van der Waals surface area contributed by atoms with E-state index in [1.807, 2.05) is 55.5 Å². The van der Waals surface area contributed by atoms with Crippen molar-refractivity contribution in [1.82, 2.24) is 25.1 Å². The minimum Gasteiger partial charge on any atom is -0.494 e. The molecule has 2 aromatic carbocycles. The number of aromatic nitrogens is 4. The number of aromatic amines is 1. The zero-order valence-corrected chi connectivity index (χ0v) is 17.3. The van der Waals surface area contributed by atoms with Gasteiger partial charge in [-0.1, -0.05) is 12.1 Å². The summed E-state index contributed by atoms with van der Waals surface area (Å²) in [4.78, 5) is 17.0. The Morgan fingerprint density at radius 3 is 2.79 bits per heavy atom. The lowest BCUT2D eigenvalue weighted by Gasteiger charge is -2.08. The maximum atomic E-state index is 12.5. The van der Waals surface area contributed by atoms with Crippen LogP contribution in [0.15, 0.2) is 48.5 Å². The number of carbonyl (C=O) groups excluding carboxylic acids is 1. The number of carbonyl (C=O) groups is 1. The second-order valence-electron chi connectivity index (χ2n) is 6.25. The van der Waals surface area contributed by atoms with Crippen LogP contribution >= 0.6 is 23.6 Å². The van der Waals surface area contributed by atoms with Crippen LogP contribution in [-0.2, 0) is 17.9 Å². The molecule has 0 aliphatic carbocycles. The average Bonchev–Trinajstić information content (AvgIpc) is 3.31. The Kier molecular flexibility index (Phi) is 5.68. The topological polar surface area (TPSA) is 84.8 Å². The van der Waals surface area contributed by atoms with Crippen LogP contribution in [0, 0.1) is 4.77 Å². The molecule has 29 heavy (non-hydrogen) atoms. The number of benzene rings is 2. The first-order valence-corrected chi connectivity index (χ1v) is 10.4. The summed E-state index contributed by atoms with van der Waals surface area (Å²) in [5, 5.41) is 10.8. The fourth-order valence-corrected chi connectivity index (χ4v) is 4.02. The number of nitrogens with one attached hydrogen (secondary N) is 2. The highest BCUT2D eigenvalue weighted by molar-refractivity contribution is 7.71. The standard InChI is InChI=1S/C20H19N5O2S2/c1-2-27-14-9-7-13(8-10-14)19-23-24-20(28)25(19)12-17(26)21-11-18-22-15-5-3-4-6-16(15)29-18/h3-10H,2,11-12H2,1H3,(H,21,26)(H,24,28). The summed E-state index contributed by atoms with van der Waals surface area (Å²) >= 11 is 6.88. The van der Waals surface area contributed by atoms with E-state index in [9.17, 15) is 4.79 Å². The molecular formula is C20H19N5O2S2. The van der Waals surface area contributed by atoms with Gasteiger partial charge in [-0.15, -0.1) is 11.3 Å². The van der Waals surface area contributed by atoms with Crippen LogP contribution < -0.4 is 10.1 Å². The smallest absolute Gasteiger partial charge is 0.240 e. The molecule has 0 saturated heterocycles. The van der Waals surface area contributed by atoms with Gasteiger partial charge in [0.05, 0.1) is 23.4 Å². The van der Waals surface area contributed by atoms with Gasteiger partial charge in [0.25, 0.3) is 0 Å². The van der Waals surface area contributed by atoms with E-state index in [2.05, 4.69) is 20.5 Å². The molecule has 9 heteroatoms. The zero-order valence-electron chi connectivity index (χ0n) is 15.7. The molecule has 4 aromatic rings. The molecule has 2 heterocycles. The number of nitrogens with zero attached hydrogens (tertiary/aromatic N) is 3. The van der Waals surface area contributed by atoms with Crippen molar-refractivity contribution in [3.8, 4) is 17.1 Å². The normalized spacial score (nSPS) is 10.9. The Balaban J connectivity index is 1.45. The third-order valence-electron chi connectivity index (χ3n) is 4.26. The quantitative estimate of drug-likeness (QED) is 0.438. The predicted molar refractivity (Wildman–Crippen MR) is 115 cm³/mol. The van der Waals surface area contributed by atoms with Gasteiger partial charge in [-0.2, -0.15) is 5.10 Å². The lowest BCUT2D eigenvalue weighted by atomic mass is 10.2. The molecule has 0 saturated carbocycles. The van der Waals surface area contributed by atoms with Crippen LogP contribution in [0.3, 0.4) is 0 Å². The van der Waals surface area contributed by atoms with E-state index in [4.69, 9.17) is 17.0 Å². The lowest BCUT2D eigenvalue weighted by Crippen LogP contribution is -2.27. The van der Waals surface area contributed by atoms with Crippen LogP contribution in [0.4, 0.5) is 0 Å². The number of fused-ring (bicyclic) bond motifs is 1. The summed E-state index contributed by atoms with van der Waals surface area (Å²) in [6.07, 6.45) is 0. The van der Waals surface area contributed by atoms with E-state index in [-0.39, 0.29) is 12.5 Å². The summed E-state index contributed by atoms with van der Waals surface area (Å²) in [7, 11) is 0. The predicted octanol–water partition coefficient (Wildman–Crippen LogP) is 3.93. The molecule has 0 unspecified atom stereocenters. The van der Waals surface area contributed by atoms with Crippen molar-refractivity contribution in [3.05, 3.63) is 58.3 Å². The summed E-state index contributed by atoms with van der Waals surface area (Å²) in [6.45, 7) is 2.99. The second-order valence-corrected chi connectivity index (χ2v) is 7.75. The molecule has 0 atom stereocenters. The summed E-state index contributed by atoms with van der Waals surface area (Å²) in [6, 6.07) is 15.4. The van der Waals surface area contributed by atoms with Gasteiger partial charge in [-0.05, 0) is 55.5 Å². The minimum atomic E-state index is -0.158. The number of amides is 1. The minimum absolute atomic E-state index is 0.0722. The van der Waals surface area contributed by atoms with Crippen molar-refractivity contribution in [1.29, 1.82) is 0 Å². The Morgan fingerprint density at radius 2 is 2.03 bits per heavy atom. The highest BCUT2D eigenvalue weighted by Crippen LogP contribution is 2.22. The van der Waals surface area contributed by atoms with Gasteiger partial charge in [0.15, 0.2) is 10.6 Å².